The summed E-state index contributed by atoms with van der Waals surface area (Å²) in [5, 5.41) is 2.97. The summed E-state index contributed by atoms with van der Waals surface area (Å²) in [6.45, 7) is 5.70. The molecule has 4 nitrogen and oxygen atoms in total. The fourth-order valence-electron chi connectivity index (χ4n) is 3.68. The van der Waals surface area contributed by atoms with Crippen LogP contribution in [0, 0.1) is 20.8 Å². The normalized spacial score (nSPS) is 18.2. The highest BCUT2D eigenvalue weighted by Crippen LogP contribution is 2.47. The van der Waals surface area contributed by atoms with E-state index in [4.69, 9.17) is 9.47 Å². The van der Waals surface area contributed by atoms with Crippen LogP contribution in [0.25, 0.3) is 0 Å². The molecule has 1 N–H and O–H groups in total. The van der Waals surface area contributed by atoms with Crippen molar-refractivity contribution in [1.29, 1.82) is 0 Å². The number of ether oxygens (including phenoxy) is 2. The molecule has 0 unspecified atom stereocenters. The van der Waals surface area contributed by atoms with E-state index in [2.05, 4.69) is 10.3 Å². The quantitative estimate of drug-likeness (QED) is 0.525. The maximum Gasteiger partial charge on any atom is 0.455 e. The topological polar surface area (TPSA) is 42.9 Å². The summed E-state index contributed by atoms with van der Waals surface area (Å²) in [6, 6.07) is 17.1. The minimum absolute atomic E-state index is 0.0541. The van der Waals surface area contributed by atoms with Gasteiger partial charge in [0.1, 0.15) is 0 Å². The standard InChI is InChI=1S/C24H21F3N2O2/c1-15-13-16(2)21(17(3)14-15)28-22-29-23(24(25,26)27,18-9-5-4-6-10-18)31-20-12-8-7-11-19(20)30-22/h4-14H,1-3H3,(H,28,29)/t23-/m1/s1. The van der Waals surface area contributed by atoms with Crippen LogP contribution in [0.1, 0.15) is 22.3 Å². The maximum atomic E-state index is 14.6. The Morgan fingerprint density at radius 3 is 2.03 bits per heavy atom. The van der Waals surface area contributed by atoms with Crippen LogP contribution in [-0.2, 0) is 5.72 Å². The lowest BCUT2D eigenvalue weighted by Gasteiger charge is -2.31. The number of rotatable bonds is 2. The predicted molar refractivity (Wildman–Crippen MR) is 114 cm³/mol. The van der Waals surface area contributed by atoms with Crippen LogP contribution in [0.15, 0.2) is 71.7 Å². The van der Waals surface area contributed by atoms with Gasteiger partial charge in [-0.15, -0.1) is 0 Å². The fraction of sp³-hybridized carbons (Fsp3) is 0.208. The van der Waals surface area contributed by atoms with E-state index in [1.54, 1.807) is 24.3 Å². The SMILES string of the molecule is Cc1cc(C)c(NC2=N[C@@](c3ccccc3)(C(F)(F)F)Oc3ccccc3O2)c(C)c1. The second-order valence-electron chi connectivity index (χ2n) is 7.47. The number of aryl methyl sites for hydroxylation is 3. The zero-order chi connectivity index (χ0) is 22.2. The average molecular weight is 426 g/mol. The van der Waals surface area contributed by atoms with Crippen molar-refractivity contribution in [2.45, 2.75) is 32.7 Å². The first-order valence-electron chi connectivity index (χ1n) is 9.72. The van der Waals surface area contributed by atoms with Gasteiger partial charge in [0.25, 0.3) is 6.02 Å². The van der Waals surface area contributed by atoms with Crippen molar-refractivity contribution in [3.8, 4) is 11.5 Å². The predicted octanol–water partition coefficient (Wildman–Crippen LogP) is 6.27. The first-order valence-corrected chi connectivity index (χ1v) is 9.72. The lowest BCUT2D eigenvalue weighted by molar-refractivity contribution is -0.251. The highest BCUT2D eigenvalue weighted by atomic mass is 19.4. The van der Waals surface area contributed by atoms with E-state index in [0.717, 1.165) is 16.7 Å². The van der Waals surface area contributed by atoms with Crippen molar-refractivity contribution in [3.05, 3.63) is 89.0 Å². The summed E-state index contributed by atoms with van der Waals surface area (Å²) in [5.74, 6) is 0.0831. The number of nitrogens with zero attached hydrogens (tertiary/aromatic N) is 1. The Bertz CT molecular complexity index is 1120. The van der Waals surface area contributed by atoms with Crippen LogP contribution < -0.4 is 14.8 Å². The van der Waals surface area contributed by atoms with E-state index in [1.165, 1.54) is 30.3 Å². The molecule has 1 aliphatic heterocycles. The highest BCUT2D eigenvalue weighted by molar-refractivity contribution is 5.93. The van der Waals surface area contributed by atoms with Crippen molar-refractivity contribution in [2.24, 2.45) is 4.99 Å². The van der Waals surface area contributed by atoms with Crippen molar-refractivity contribution >= 4 is 11.7 Å². The monoisotopic (exact) mass is 426 g/mol. The van der Waals surface area contributed by atoms with Gasteiger partial charge < -0.3 is 14.8 Å². The number of fused-ring (bicyclic) bond motifs is 1. The van der Waals surface area contributed by atoms with Crippen molar-refractivity contribution in [2.75, 3.05) is 5.32 Å². The summed E-state index contributed by atoms with van der Waals surface area (Å²) in [6.07, 6.45) is -4.86. The molecule has 31 heavy (non-hydrogen) atoms. The Labute approximate surface area is 178 Å². The molecule has 0 bridgehead atoms. The van der Waals surface area contributed by atoms with E-state index < -0.39 is 11.9 Å². The first kappa shape index (κ1) is 20.8. The number of hydrogen-bond donors (Lipinski definition) is 1. The molecule has 3 aromatic rings. The molecule has 160 valence electrons. The number of anilines is 1. The van der Waals surface area contributed by atoms with Gasteiger partial charge in [0.05, 0.1) is 0 Å². The number of hydrogen-bond acceptors (Lipinski definition) is 4. The second-order valence-corrected chi connectivity index (χ2v) is 7.47. The van der Waals surface area contributed by atoms with Gasteiger partial charge in [-0.1, -0.05) is 60.2 Å². The van der Waals surface area contributed by atoms with Gasteiger partial charge in [-0.2, -0.15) is 18.2 Å². The van der Waals surface area contributed by atoms with E-state index >= 15 is 0 Å². The number of para-hydroxylation sites is 2. The van der Waals surface area contributed by atoms with Crippen molar-refractivity contribution in [1.82, 2.24) is 0 Å². The van der Waals surface area contributed by atoms with Crippen molar-refractivity contribution in [3.63, 3.8) is 0 Å². The molecule has 0 radical (unpaired) electrons. The van der Waals surface area contributed by atoms with Gasteiger partial charge in [0.2, 0.25) is 0 Å². The first-order chi connectivity index (χ1) is 14.7. The molecule has 0 saturated carbocycles. The van der Waals surface area contributed by atoms with Crippen LogP contribution >= 0.6 is 0 Å². The van der Waals surface area contributed by atoms with Gasteiger partial charge >= 0.3 is 11.9 Å². The number of amidine groups is 1. The molecule has 1 aliphatic rings. The number of benzene rings is 3. The average Bonchev–Trinajstić information content (AvgIpc) is 2.88. The fourth-order valence-corrected chi connectivity index (χ4v) is 3.68. The molecule has 4 rings (SSSR count). The Morgan fingerprint density at radius 2 is 1.42 bits per heavy atom. The number of halogens is 3. The lowest BCUT2D eigenvalue weighted by Crippen LogP contribution is -2.46. The molecule has 0 aliphatic carbocycles. The Balaban J connectivity index is 1.92. The summed E-state index contributed by atoms with van der Waals surface area (Å²) >= 11 is 0. The third-order valence-corrected chi connectivity index (χ3v) is 5.03. The molecule has 3 aromatic carbocycles. The summed E-state index contributed by atoms with van der Waals surface area (Å²) in [5.41, 5.74) is 0.272. The molecule has 0 aromatic heterocycles. The number of alkyl halides is 3. The molecule has 0 amide bonds. The minimum atomic E-state index is -4.86. The molecule has 0 saturated heterocycles. The summed E-state index contributed by atoms with van der Waals surface area (Å²) in [4.78, 5) is 4.00. The summed E-state index contributed by atoms with van der Waals surface area (Å²) in [7, 11) is 0. The lowest BCUT2D eigenvalue weighted by atomic mass is 10.0. The largest absolute Gasteiger partial charge is 0.455 e. The van der Waals surface area contributed by atoms with Gasteiger partial charge in [-0.3, -0.25) is 0 Å². The van der Waals surface area contributed by atoms with Crippen LogP contribution in [0.4, 0.5) is 18.9 Å². The molecule has 0 fully saturated rings. The van der Waals surface area contributed by atoms with Crippen molar-refractivity contribution < 1.29 is 22.6 Å². The molecule has 7 heteroatoms. The van der Waals surface area contributed by atoms with Gasteiger partial charge in [-0.25, -0.2) is 0 Å². The highest BCUT2D eigenvalue weighted by Gasteiger charge is 2.61. The zero-order valence-corrected chi connectivity index (χ0v) is 17.2. The Kier molecular flexibility index (Phi) is 5.13. The van der Waals surface area contributed by atoms with E-state index in [0.29, 0.717) is 5.69 Å². The summed E-state index contributed by atoms with van der Waals surface area (Å²) < 4.78 is 55.0. The van der Waals surface area contributed by atoms with Crippen LogP contribution in [0.2, 0.25) is 0 Å². The Hall–Kier alpha value is -3.48. The van der Waals surface area contributed by atoms with Crippen LogP contribution in [0.3, 0.4) is 0 Å². The van der Waals surface area contributed by atoms with Crippen LogP contribution in [-0.4, -0.2) is 12.2 Å². The third kappa shape index (κ3) is 3.83. The molecule has 1 atom stereocenters. The third-order valence-electron chi connectivity index (χ3n) is 5.03. The molecular formula is C24H21F3N2O2. The number of nitrogens with one attached hydrogen (secondary N) is 1. The molecule has 1 heterocycles. The second kappa shape index (κ2) is 7.65. The maximum absolute atomic E-state index is 14.6. The number of aliphatic imine (C=N–C) groups is 1. The van der Waals surface area contributed by atoms with Gasteiger partial charge in [-0.05, 0) is 44.0 Å². The van der Waals surface area contributed by atoms with Gasteiger partial charge in [0.15, 0.2) is 11.5 Å². The smallest absolute Gasteiger partial charge is 0.449 e. The van der Waals surface area contributed by atoms with E-state index in [1.807, 2.05) is 32.9 Å². The molecular weight excluding hydrogens is 405 g/mol. The van der Waals surface area contributed by atoms with E-state index in [-0.39, 0.29) is 23.1 Å². The van der Waals surface area contributed by atoms with Gasteiger partial charge in [0, 0.05) is 11.3 Å². The Morgan fingerprint density at radius 1 is 0.839 bits per heavy atom. The zero-order valence-electron chi connectivity index (χ0n) is 17.2. The van der Waals surface area contributed by atoms with Crippen LogP contribution in [0.5, 0.6) is 11.5 Å². The van der Waals surface area contributed by atoms with E-state index in [9.17, 15) is 13.2 Å². The molecule has 0 spiro atoms. The minimum Gasteiger partial charge on any atom is -0.449 e.